The molecule has 0 aliphatic heterocycles. The fraction of sp³-hybridized carbons (Fsp3) is 0.333. The molecule has 5 heteroatoms. The van der Waals surface area contributed by atoms with E-state index in [1.807, 2.05) is 62.4 Å². The van der Waals surface area contributed by atoms with Crippen molar-refractivity contribution in [2.24, 2.45) is 0 Å². The molecule has 1 N–H and O–H groups in total. The second kappa shape index (κ2) is 9.61. The molecule has 2 aromatic rings. The number of benzene rings is 2. The number of anilines is 1. The van der Waals surface area contributed by atoms with Crippen LogP contribution >= 0.6 is 0 Å². The molecule has 0 heterocycles. The lowest BCUT2D eigenvalue weighted by molar-refractivity contribution is -0.133. The smallest absolute Gasteiger partial charge is 0.243 e. The molecule has 0 saturated carbocycles. The molecule has 0 aliphatic rings. The summed E-state index contributed by atoms with van der Waals surface area (Å²) < 4.78 is 5.57. The molecule has 0 radical (unpaired) electrons. The van der Waals surface area contributed by atoms with Crippen LogP contribution in [-0.2, 0) is 9.59 Å². The summed E-state index contributed by atoms with van der Waals surface area (Å²) in [6.45, 7) is 4.40. The van der Waals surface area contributed by atoms with Crippen molar-refractivity contribution in [1.29, 1.82) is 0 Å². The summed E-state index contributed by atoms with van der Waals surface area (Å²) in [7, 11) is 1.64. The number of para-hydroxylation sites is 2. The molecule has 0 bridgehead atoms. The van der Waals surface area contributed by atoms with Gasteiger partial charge < -0.3 is 15.0 Å². The highest BCUT2D eigenvalue weighted by Gasteiger charge is 2.14. The van der Waals surface area contributed by atoms with Gasteiger partial charge in [0, 0.05) is 19.2 Å². The highest BCUT2D eigenvalue weighted by atomic mass is 16.5. The summed E-state index contributed by atoms with van der Waals surface area (Å²) >= 11 is 0. The third-order valence-electron chi connectivity index (χ3n) is 4.10. The molecule has 5 nitrogen and oxygen atoms in total. The average molecular weight is 354 g/mol. The van der Waals surface area contributed by atoms with Crippen molar-refractivity contribution < 1.29 is 14.3 Å². The number of ether oxygens (including phenoxy) is 1. The first-order valence-corrected chi connectivity index (χ1v) is 8.75. The van der Waals surface area contributed by atoms with Crippen LogP contribution in [0, 0.1) is 13.8 Å². The second-order valence-corrected chi connectivity index (χ2v) is 6.33. The molecular weight excluding hydrogens is 328 g/mol. The van der Waals surface area contributed by atoms with E-state index in [9.17, 15) is 9.59 Å². The highest BCUT2D eigenvalue weighted by Crippen LogP contribution is 2.19. The van der Waals surface area contributed by atoms with Crippen molar-refractivity contribution in [2.45, 2.75) is 26.7 Å². The van der Waals surface area contributed by atoms with E-state index >= 15 is 0 Å². The van der Waals surface area contributed by atoms with Gasteiger partial charge in [0.15, 0.2) is 0 Å². The first kappa shape index (κ1) is 19.5. The number of aryl methyl sites for hydroxylation is 2. The Morgan fingerprint density at radius 1 is 1.00 bits per heavy atom. The van der Waals surface area contributed by atoms with Crippen LogP contribution < -0.4 is 10.1 Å². The van der Waals surface area contributed by atoms with E-state index in [0.717, 1.165) is 22.6 Å². The number of nitrogens with one attached hydrogen (secondary N) is 1. The molecule has 2 amide bonds. The molecular formula is C21H26N2O3. The Hall–Kier alpha value is -2.82. The molecule has 2 aromatic carbocycles. The summed E-state index contributed by atoms with van der Waals surface area (Å²) in [5.41, 5.74) is 2.82. The van der Waals surface area contributed by atoms with Crippen LogP contribution in [0.1, 0.15) is 24.0 Å². The maximum Gasteiger partial charge on any atom is 0.243 e. The number of nitrogens with zero attached hydrogens (tertiary/aromatic N) is 1. The van der Waals surface area contributed by atoms with Crippen molar-refractivity contribution in [2.75, 3.05) is 25.5 Å². The van der Waals surface area contributed by atoms with E-state index in [2.05, 4.69) is 5.32 Å². The first-order valence-electron chi connectivity index (χ1n) is 8.75. The van der Waals surface area contributed by atoms with Gasteiger partial charge in [0.1, 0.15) is 5.75 Å². The number of carbonyl (C=O) groups is 2. The van der Waals surface area contributed by atoms with E-state index in [1.54, 1.807) is 7.05 Å². The van der Waals surface area contributed by atoms with E-state index < -0.39 is 0 Å². The quantitative estimate of drug-likeness (QED) is 0.738. The van der Waals surface area contributed by atoms with Crippen LogP contribution in [-0.4, -0.2) is 36.9 Å². The summed E-state index contributed by atoms with van der Waals surface area (Å²) in [4.78, 5) is 25.8. The number of amides is 2. The molecule has 26 heavy (non-hydrogen) atoms. The van der Waals surface area contributed by atoms with Crippen LogP contribution in [0.3, 0.4) is 0 Å². The lowest BCUT2D eigenvalue weighted by atomic mass is 10.1. The van der Waals surface area contributed by atoms with E-state index in [1.165, 1.54) is 4.90 Å². The second-order valence-electron chi connectivity index (χ2n) is 6.33. The van der Waals surface area contributed by atoms with Gasteiger partial charge in [-0.3, -0.25) is 9.59 Å². The number of hydrogen-bond acceptors (Lipinski definition) is 3. The Balaban J connectivity index is 1.73. The van der Waals surface area contributed by atoms with Gasteiger partial charge in [-0.1, -0.05) is 36.4 Å². The van der Waals surface area contributed by atoms with Crippen molar-refractivity contribution in [3.8, 4) is 5.75 Å². The number of rotatable bonds is 8. The predicted molar refractivity (Wildman–Crippen MR) is 103 cm³/mol. The van der Waals surface area contributed by atoms with Gasteiger partial charge in [-0.25, -0.2) is 0 Å². The van der Waals surface area contributed by atoms with Gasteiger partial charge in [-0.2, -0.15) is 0 Å². The van der Waals surface area contributed by atoms with Crippen LogP contribution in [0.2, 0.25) is 0 Å². The van der Waals surface area contributed by atoms with Gasteiger partial charge in [0.25, 0.3) is 0 Å². The molecule has 0 fully saturated rings. The van der Waals surface area contributed by atoms with Gasteiger partial charge in [-0.05, 0) is 43.5 Å². The zero-order valence-corrected chi connectivity index (χ0v) is 15.6. The molecule has 0 unspecified atom stereocenters. The molecule has 0 atom stereocenters. The molecule has 2 rings (SSSR count). The third kappa shape index (κ3) is 5.92. The lowest BCUT2D eigenvalue weighted by Crippen LogP contribution is -2.35. The van der Waals surface area contributed by atoms with Gasteiger partial charge in [0.05, 0.1) is 13.2 Å². The van der Waals surface area contributed by atoms with Crippen LogP contribution in [0.4, 0.5) is 5.69 Å². The topological polar surface area (TPSA) is 58.6 Å². The van der Waals surface area contributed by atoms with Crippen molar-refractivity contribution >= 4 is 17.5 Å². The van der Waals surface area contributed by atoms with E-state index in [0.29, 0.717) is 19.4 Å². The Labute approximate surface area is 155 Å². The molecule has 0 aliphatic carbocycles. The number of likely N-dealkylation sites (N-methyl/N-ethyl adjacent to an activating group) is 1. The average Bonchev–Trinajstić information content (AvgIpc) is 2.62. The summed E-state index contributed by atoms with van der Waals surface area (Å²) in [5, 5.41) is 2.90. The highest BCUT2D eigenvalue weighted by molar-refractivity contribution is 5.95. The normalized spacial score (nSPS) is 10.3. The van der Waals surface area contributed by atoms with E-state index in [4.69, 9.17) is 4.74 Å². The Morgan fingerprint density at radius 2 is 1.65 bits per heavy atom. The van der Waals surface area contributed by atoms with Crippen LogP contribution in [0.15, 0.2) is 48.5 Å². The zero-order valence-electron chi connectivity index (χ0n) is 15.6. The third-order valence-corrected chi connectivity index (χ3v) is 4.10. The SMILES string of the molecule is Cc1cccc(C)c1NC(=O)CN(C)C(=O)CCCOc1ccccc1. The van der Waals surface area contributed by atoms with Crippen molar-refractivity contribution in [3.63, 3.8) is 0 Å². The minimum atomic E-state index is -0.196. The maximum atomic E-state index is 12.2. The molecule has 138 valence electrons. The maximum absolute atomic E-state index is 12.2. The van der Waals surface area contributed by atoms with Gasteiger partial charge >= 0.3 is 0 Å². The van der Waals surface area contributed by atoms with Gasteiger partial charge in [0.2, 0.25) is 11.8 Å². The van der Waals surface area contributed by atoms with Crippen molar-refractivity contribution in [3.05, 3.63) is 59.7 Å². The first-order chi connectivity index (χ1) is 12.5. The van der Waals surface area contributed by atoms with Gasteiger partial charge in [-0.15, -0.1) is 0 Å². The summed E-state index contributed by atoms with van der Waals surface area (Å²) in [6, 6.07) is 15.3. The molecule has 0 spiro atoms. The van der Waals surface area contributed by atoms with Crippen LogP contribution in [0.5, 0.6) is 5.75 Å². The Bertz CT molecular complexity index is 724. The fourth-order valence-electron chi connectivity index (χ4n) is 2.62. The summed E-state index contributed by atoms with van der Waals surface area (Å²) in [5.74, 6) is 0.526. The summed E-state index contributed by atoms with van der Waals surface area (Å²) in [6.07, 6.45) is 0.955. The van der Waals surface area contributed by atoms with E-state index in [-0.39, 0.29) is 18.4 Å². The fourth-order valence-corrected chi connectivity index (χ4v) is 2.62. The Morgan fingerprint density at radius 3 is 2.31 bits per heavy atom. The standard InChI is InChI=1S/C21H26N2O3/c1-16-9-7-10-17(2)21(16)22-19(24)15-23(3)20(25)13-8-14-26-18-11-5-4-6-12-18/h4-7,9-12H,8,13-15H2,1-3H3,(H,22,24). The monoisotopic (exact) mass is 354 g/mol. The lowest BCUT2D eigenvalue weighted by Gasteiger charge is -2.18. The zero-order chi connectivity index (χ0) is 18.9. The minimum absolute atomic E-state index is 0.0339. The van der Waals surface area contributed by atoms with Crippen molar-refractivity contribution in [1.82, 2.24) is 4.90 Å². The van der Waals surface area contributed by atoms with Crippen LogP contribution in [0.25, 0.3) is 0 Å². The number of carbonyl (C=O) groups excluding carboxylic acids is 2. The molecule has 0 aromatic heterocycles. The number of hydrogen-bond donors (Lipinski definition) is 1. The largest absolute Gasteiger partial charge is 0.494 e. The molecule has 0 saturated heterocycles. The Kier molecular flexibility index (Phi) is 7.21. The predicted octanol–water partition coefficient (Wildman–Crippen LogP) is 3.56. The minimum Gasteiger partial charge on any atom is -0.494 e.